The highest BCUT2D eigenvalue weighted by Gasteiger charge is 2.11. The molecule has 0 aliphatic carbocycles. The molecule has 0 aliphatic heterocycles. The summed E-state index contributed by atoms with van der Waals surface area (Å²) in [6, 6.07) is 13.0. The molecule has 2 aromatic carbocycles. The van der Waals surface area contributed by atoms with Gasteiger partial charge < -0.3 is 4.74 Å². The van der Waals surface area contributed by atoms with Crippen molar-refractivity contribution in [3.8, 4) is 5.75 Å². The minimum absolute atomic E-state index is 0.133. The molecule has 2 rings (SSSR count). The number of esters is 1. The fourth-order valence-corrected chi connectivity index (χ4v) is 2.56. The molecule has 6 nitrogen and oxygen atoms in total. The highest BCUT2D eigenvalue weighted by atomic mass is 32.2. The van der Waals surface area contributed by atoms with Crippen LogP contribution in [0.1, 0.15) is 18.1 Å². The number of hydrogen-bond acceptors (Lipinski definition) is 5. The van der Waals surface area contributed by atoms with Gasteiger partial charge in [0.15, 0.2) is 0 Å². The fourth-order valence-electron chi connectivity index (χ4n) is 1.76. The van der Waals surface area contributed by atoms with Gasteiger partial charge >= 0.3 is 5.97 Å². The molecule has 0 saturated heterocycles. The van der Waals surface area contributed by atoms with Gasteiger partial charge in [0.1, 0.15) is 5.75 Å². The van der Waals surface area contributed by atoms with Gasteiger partial charge in [0.2, 0.25) is 0 Å². The van der Waals surface area contributed by atoms with E-state index in [2.05, 4.69) is 9.93 Å². The maximum atomic E-state index is 12.1. The van der Waals surface area contributed by atoms with E-state index in [9.17, 15) is 13.2 Å². The Morgan fingerprint density at radius 3 is 2.52 bits per heavy atom. The lowest BCUT2D eigenvalue weighted by Gasteiger charge is -2.04. The van der Waals surface area contributed by atoms with E-state index in [-0.39, 0.29) is 4.90 Å². The summed E-state index contributed by atoms with van der Waals surface area (Å²) in [7, 11) is -3.71. The second-order valence-electron chi connectivity index (χ2n) is 4.83. The smallest absolute Gasteiger partial charge is 0.308 e. The van der Waals surface area contributed by atoms with Crippen molar-refractivity contribution in [2.24, 2.45) is 5.10 Å². The van der Waals surface area contributed by atoms with Crippen LogP contribution < -0.4 is 9.57 Å². The minimum Gasteiger partial charge on any atom is -0.427 e. The van der Waals surface area contributed by atoms with E-state index in [0.717, 1.165) is 5.56 Å². The van der Waals surface area contributed by atoms with Gasteiger partial charge in [-0.15, -0.1) is 0 Å². The van der Waals surface area contributed by atoms with E-state index in [1.165, 1.54) is 25.3 Å². The predicted octanol–water partition coefficient (Wildman–Crippen LogP) is 2.23. The molecule has 0 fully saturated rings. The van der Waals surface area contributed by atoms with E-state index in [1.54, 1.807) is 36.4 Å². The van der Waals surface area contributed by atoms with Crippen molar-refractivity contribution in [1.82, 2.24) is 4.83 Å². The first-order chi connectivity index (χ1) is 10.9. The molecular weight excluding hydrogens is 316 g/mol. The Balaban J connectivity index is 2.09. The Labute approximate surface area is 134 Å². The molecule has 0 spiro atoms. The van der Waals surface area contributed by atoms with Gasteiger partial charge in [0.25, 0.3) is 10.0 Å². The van der Waals surface area contributed by atoms with Crippen LogP contribution in [0, 0.1) is 6.92 Å². The van der Waals surface area contributed by atoms with Gasteiger partial charge in [-0.25, -0.2) is 4.83 Å². The second kappa shape index (κ2) is 7.06. The summed E-state index contributed by atoms with van der Waals surface area (Å²) in [6.45, 7) is 3.18. The summed E-state index contributed by atoms with van der Waals surface area (Å²) in [5.41, 5.74) is 1.56. The van der Waals surface area contributed by atoms with Crippen LogP contribution >= 0.6 is 0 Å². The Morgan fingerprint density at radius 1 is 1.17 bits per heavy atom. The van der Waals surface area contributed by atoms with Crippen LogP contribution in [0.4, 0.5) is 0 Å². The van der Waals surface area contributed by atoms with Crippen LogP contribution in [0.2, 0.25) is 0 Å². The lowest BCUT2D eigenvalue weighted by molar-refractivity contribution is -0.131. The average Bonchev–Trinajstić information content (AvgIpc) is 2.47. The molecule has 120 valence electrons. The SMILES string of the molecule is CC(=O)Oc1cccc(/C=N\NS(=O)(=O)c2ccc(C)cc2)c1. The normalized spacial score (nSPS) is 11.4. The first kappa shape index (κ1) is 16.7. The van der Waals surface area contributed by atoms with Gasteiger partial charge in [-0.1, -0.05) is 29.8 Å². The Morgan fingerprint density at radius 2 is 1.87 bits per heavy atom. The lowest BCUT2D eigenvalue weighted by Crippen LogP contribution is -2.18. The number of hydrazone groups is 1. The summed E-state index contributed by atoms with van der Waals surface area (Å²) in [4.78, 5) is 13.2. The van der Waals surface area contributed by atoms with Crippen molar-refractivity contribution in [3.63, 3.8) is 0 Å². The minimum atomic E-state index is -3.71. The molecule has 2 aromatic rings. The molecule has 1 N–H and O–H groups in total. The predicted molar refractivity (Wildman–Crippen MR) is 86.8 cm³/mol. The number of ether oxygens (including phenoxy) is 1. The van der Waals surface area contributed by atoms with Gasteiger partial charge in [-0.05, 0) is 36.8 Å². The van der Waals surface area contributed by atoms with E-state index < -0.39 is 16.0 Å². The lowest BCUT2D eigenvalue weighted by atomic mass is 10.2. The molecule has 23 heavy (non-hydrogen) atoms. The maximum Gasteiger partial charge on any atom is 0.308 e. The fraction of sp³-hybridized carbons (Fsp3) is 0.125. The first-order valence-corrected chi connectivity index (χ1v) is 8.25. The van der Waals surface area contributed by atoms with Crippen LogP contribution in [0.5, 0.6) is 5.75 Å². The average molecular weight is 332 g/mol. The van der Waals surface area contributed by atoms with Crippen LogP contribution in [0.25, 0.3) is 0 Å². The zero-order valence-electron chi connectivity index (χ0n) is 12.7. The second-order valence-corrected chi connectivity index (χ2v) is 6.49. The molecule has 0 radical (unpaired) electrons. The van der Waals surface area contributed by atoms with Gasteiger partial charge in [-0.2, -0.15) is 13.5 Å². The molecule has 0 atom stereocenters. The zero-order valence-corrected chi connectivity index (χ0v) is 13.5. The van der Waals surface area contributed by atoms with Crippen LogP contribution in [0.15, 0.2) is 58.5 Å². The number of aryl methyl sites for hydroxylation is 1. The Hall–Kier alpha value is -2.67. The van der Waals surface area contributed by atoms with Crippen LogP contribution in [-0.4, -0.2) is 20.6 Å². The van der Waals surface area contributed by atoms with Gasteiger partial charge in [0.05, 0.1) is 11.1 Å². The van der Waals surface area contributed by atoms with Crippen molar-refractivity contribution in [3.05, 3.63) is 59.7 Å². The molecule has 0 amide bonds. The number of benzene rings is 2. The van der Waals surface area contributed by atoms with E-state index in [1.807, 2.05) is 6.92 Å². The third-order valence-corrected chi connectivity index (χ3v) is 4.08. The highest BCUT2D eigenvalue weighted by Crippen LogP contribution is 2.12. The molecule has 7 heteroatoms. The summed E-state index contributed by atoms with van der Waals surface area (Å²) in [5, 5.41) is 3.73. The molecule has 0 aromatic heterocycles. The summed E-state index contributed by atoms with van der Waals surface area (Å²) < 4.78 is 29.0. The van der Waals surface area contributed by atoms with E-state index >= 15 is 0 Å². The zero-order chi connectivity index (χ0) is 16.9. The van der Waals surface area contributed by atoms with E-state index in [4.69, 9.17) is 4.74 Å². The van der Waals surface area contributed by atoms with Crippen molar-refractivity contribution < 1.29 is 17.9 Å². The Kier molecular flexibility index (Phi) is 5.13. The highest BCUT2D eigenvalue weighted by molar-refractivity contribution is 7.89. The summed E-state index contributed by atoms with van der Waals surface area (Å²) >= 11 is 0. The number of hydrogen-bond donors (Lipinski definition) is 1. The van der Waals surface area contributed by atoms with Crippen molar-refractivity contribution in [1.29, 1.82) is 0 Å². The van der Waals surface area contributed by atoms with Crippen LogP contribution in [-0.2, 0) is 14.8 Å². The number of sulfonamides is 1. The number of nitrogens with one attached hydrogen (secondary N) is 1. The number of nitrogens with zero attached hydrogens (tertiary/aromatic N) is 1. The number of carbonyl (C=O) groups is 1. The Bertz CT molecular complexity index is 827. The standard InChI is InChI=1S/C16H16N2O4S/c1-12-6-8-16(9-7-12)23(20,21)18-17-11-14-4-3-5-15(10-14)22-13(2)19/h3-11,18H,1-2H3/b17-11-. The molecule has 0 aliphatic rings. The third-order valence-electron chi connectivity index (χ3n) is 2.84. The summed E-state index contributed by atoms with van der Waals surface area (Å²) in [6.07, 6.45) is 1.33. The van der Waals surface area contributed by atoms with E-state index in [0.29, 0.717) is 11.3 Å². The maximum absolute atomic E-state index is 12.1. The molecule has 0 unspecified atom stereocenters. The monoisotopic (exact) mass is 332 g/mol. The largest absolute Gasteiger partial charge is 0.427 e. The molecular formula is C16H16N2O4S. The molecule has 0 saturated carbocycles. The van der Waals surface area contributed by atoms with Gasteiger partial charge in [-0.3, -0.25) is 4.79 Å². The van der Waals surface area contributed by atoms with Crippen molar-refractivity contribution >= 4 is 22.2 Å². The molecule has 0 heterocycles. The van der Waals surface area contributed by atoms with Crippen molar-refractivity contribution in [2.75, 3.05) is 0 Å². The van der Waals surface area contributed by atoms with Crippen molar-refractivity contribution in [2.45, 2.75) is 18.7 Å². The number of rotatable bonds is 5. The topological polar surface area (TPSA) is 84.8 Å². The third kappa shape index (κ3) is 4.93. The van der Waals surface area contributed by atoms with Gasteiger partial charge in [0, 0.05) is 6.92 Å². The number of carbonyl (C=O) groups excluding carboxylic acids is 1. The van der Waals surface area contributed by atoms with Crippen LogP contribution in [0.3, 0.4) is 0 Å². The summed E-state index contributed by atoms with van der Waals surface area (Å²) in [5.74, 6) is -0.0676. The first-order valence-electron chi connectivity index (χ1n) is 6.77. The molecule has 0 bridgehead atoms. The quantitative estimate of drug-likeness (QED) is 0.394.